The van der Waals surface area contributed by atoms with Crippen LogP contribution in [0, 0.1) is 0 Å². The molecule has 0 saturated carbocycles. The van der Waals surface area contributed by atoms with E-state index in [2.05, 4.69) is 16.8 Å². The van der Waals surface area contributed by atoms with Crippen LogP contribution in [0.15, 0.2) is 17.5 Å². The zero-order valence-electron chi connectivity index (χ0n) is 10.3. The summed E-state index contributed by atoms with van der Waals surface area (Å²) >= 11 is 1.74. The van der Waals surface area contributed by atoms with Gasteiger partial charge in [0.05, 0.1) is 24.7 Å². The summed E-state index contributed by atoms with van der Waals surface area (Å²) < 4.78 is 28.0. The lowest BCUT2D eigenvalue weighted by atomic mass is 10.3. The summed E-state index contributed by atoms with van der Waals surface area (Å²) in [4.78, 5) is 1.34. The number of rotatable bonds is 7. The van der Waals surface area contributed by atoms with Crippen LogP contribution in [-0.2, 0) is 21.0 Å². The van der Waals surface area contributed by atoms with E-state index in [0.29, 0.717) is 12.4 Å². The molecule has 4 nitrogen and oxygen atoms in total. The van der Waals surface area contributed by atoms with Crippen molar-refractivity contribution in [3.8, 4) is 0 Å². The standard InChI is InChI=1S/C12H19NO3S2/c14-18(15)9-4-11(10-18)13-5-7-16-6-3-12-2-1-8-17-12/h1-2,8,11,13H,3-7,9-10H2. The maximum Gasteiger partial charge on any atom is 0.151 e. The van der Waals surface area contributed by atoms with Crippen molar-refractivity contribution in [2.45, 2.75) is 18.9 Å². The molecule has 0 radical (unpaired) electrons. The summed E-state index contributed by atoms with van der Waals surface area (Å²) in [6, 6.07) is 4.27. The fraction of sp³-hybridized carbons (Fsp3) is 0.667. The van der Waals surface area contributed by atoms with E-state index in [1.807, 2.05) is 6.07 Å². The number of nitrogens with one attached hydrogen (secondary N) is 1. The molecule has 1 unspecified atom stereocenters. The van der Waals surface area contributed by atoms with Crippen molar-refractivity contribution < 1.29 is 13.2 Å². The maximum absolute atomic E-state index is 11.2. The Morgan fingerprint density at radius 1 is 1.44 bits per heavy atom. The smallest absolute Gasteiger partial charge is 0.151 e. The second kappa shape index (κ2) is 6.65. The minimum Gasteiger partial charge on any atom is -0.380 e. The Bertz CT molecular complexity index is 442. The summed E-state index contributed by atoms with van der Waals surface area (Å²) in [5.74, 6) is 0.603. The molecule has 1 atom stereocenters. The number of hydrogen-bond donors (Lipinski definition) is 1. The molecule has 0 bridgehead atoms. The van der Waals surface area contributed by atoms with Crippen LogP contribution in [0.2, 0.25) is 0 Å². The van der Waals surface area contributed by atoms with Gasteiger partial charge in [0.1, 0.15) is 0 Å². The molecule has 0 aliphatic carbocycles. The van der Waals surface area contributed by atoms with E-state index in [1.165, 1.54) is 4.88 Å². The molecule has 6 heteroatoms. The monoisotopic (exact) mass is 289 g/mol. The first-order valence-corrected chi connectivity index (χ1v) is 8.90. The summed E-state index contributed by atoms with van der Waals surface area (Å²) in [6.45, 7) is 2.09. The summed E-state index contributed by atoms with van der Waals surface area (Å²) in [5, 5.41) is 5.30. The summed E-state index contributed by atoms with van der Waals surface area (Å²) in [5.41, 5.74) is 0. The van der Waals surface area contributed by atoms with Gasteiger partial charge in [0.2, 0.25) is 0 Å². The second-order valence-corrected chi connectivity index (χ2v) is 7.76. The largest absolute Gasteiger partial charge is 0.380 e. The minimum absolute atomic E-state index is 0.121. The lowest BCUT2D eigenvalue weighted by Crippen LogP contribution is -2.32. The first-order chi connectivity index (χ1) is 8.66. The van der Waals surface area contributed by atoms with Crippen molar-refractivity contribution >= 4 is 21.2 Å². The summed E-state index contributed by atoms with van der Waals surface area (Å²) in [7, 11) is -2.77. The van der Waals surface area contributed by atoms with Gasteiger partial charge in [-0.15, -0.1) is 11.3 Å². The Kier molecular flexibility index (Phi) is 5.17. The molecule has 0 aromatic carbocycles. The van der Waals surface area contributed by atoms with Gasteiger partial charge in [-0.25, -0.2) is 8.42 Å². The van der Waals surface area contributed by atoms with Crippen LogP contribution in [0.4, 0.5) is 0 Å². The normalized spacial score (nSPS) is 22.3. The van der Waals surface area contributed by atoms with E-state index >= 15 is 0 Å². The van der Waals surface area contributed by atoms with Gasteiger partial charge in [-0.2, -0.15) is 0 Å². The van der Waals surface area contributed by atoms with Crippen molar-refractivity contribution in [2.75, 3.05) is 31.3 Å². The molecule has 1 aromatic heterocycles. The van der Waals surface area contributed by atoms with E-state index in [-0.39, 0.29) is 11.8 Å². The molecule has 1 saturated heterocycles. The average molecular weight is 289 g/mol. The molecule has 1 fully saturated rings. The Morgan fingerprint density at radius 3 is 3.00 bits per heavy atom. The lowest BCUT2D eigenvalue weighted by molar-refractivity contribution is 0.137. The SMILES string of the molecule is O=S1(=O)CCC(NCCOCCc2cccs2)C1. The van der Waals surface area contributed by atoms with Gasteiger partial charge in [0, 0.05) is 23.9 Å². The fourth-order valence-corrected chi connectivity index (χ4v) is 4.42. The van der Waals surface area contributed by atoms with Gasteiger partial charge in [0.25, 0.3) is 0 Å². The van der Waals surface area contributed by atoms with Crippen LogP contribution in [0.3, 0.4) is 0 Å². The topological polar surface area (TPSA) is 55.4 Å². The zero-order chi connectivity index (χ0) is 12.8. The quantitative estimate of drug-likeness (QED) is 0.763. The minimum atomic E-state index is -2.77. The van der Waals surface area contributed by atoms with Crippen LogP contribution in [0.25, 0.3) is 0 Å². The average Bonchev–Trinajstić information content (AvgIpc) is 2.93. The first kappa shape index (κ1) is 14.0. The van der Waals surface area contributed by atoms with Crippen LogP contribution in [0.5, 0.6) is 0 Å². The van der Waals surface area contributed by atoms with Crippen molar-refractivity contribution in [2.24, 2.45) is 0 Å². The van der Waals surface area contributed by atoms with E-state index in [9.17, 15) is 8.42 Å². The van der Waals surface area contributed by atoms with Gasteiger partial charge >= 0.3 is 0 Å². The third-order valence-corrected chi connectivity index (χ3v) is 5.69. The van der Waals surface area contributed by atoms with Gasteiger partial charge in [0.15, 0.2) is 9.84 Å². The highest BCUT2D eigenvalue weighted by atomic mass is 32.2. The maximum atomic E-state index is 11.2. The number of thiophene rings is 1. The third-order valence-electron chi connectivity index (χ3n) is 2.98. The predicted molar refractivity (Wildman–Crippen MR) is 73.9 cm³/mol. The zero-order valence-corrected chi connectivity index (χ0v) is 11.9. The van der Waals surface area contributed by atoms with Gasteiger partial charge < -0.3 is 10.1 Å². The van der Waals surface area contributed by atoms with Crippen molar-refractivity contribution in [3.05, 3.63) is 22.4 Å². The number of hydrogen-bond acceptors (Lipinski definition) is 5. The molecule has 102 valence electrons. The third kappa shape index (κ3) is 4.68. The highest BCUT2D eigenvalue weighted by Crippen LogP contribution is 2.11. The van der Waals surface area contributed by atoms with Crippen molar-refractivity contribution in [1.82, 2.24) is 5.32 Å². The Balaban J connectivity index is 1.49. The second-order valence-electron chi connectivity index (χ2n) is 4.50. The van der Waals surface area contributed by atoms with Gasteiger partial charge in [-0.05, 0) is 17.9 Å². The van der Waals surface area contributed by atoms with E-state index in [1.54, 1.807) is 11.3 Å². The van der Waals surface area contributed by atoms with E-state index < -0.39 is 9.84 Å². The highest BCUT2D eigenvalue weighted by Gasteiger charge is 2.26. The molecule has 1 aliphatic heterocycles. The van der Waals surface area contributed by atoms with Crippen LogP contribution in [0.1, 0.15) is 11.3 Å². The summed E-state index contributed by atoms with van der Waals surface area (Å²) in [6.07, 6.45) is 1.69. The van der Waals surface area contributed by atoms with Crippen molar-refractivity contribution in [3.63, 3.8) is 0 Å². The van der Waals surface area contributed by atoms with Crippen LogP contribution < -0.4 is 5.32 Å². The molecule has 1 aromatic rings. The molecule has 0 spiro atoms. The molecule has 2 heterocycles. The molecule has 18 heavy (non-hydrogen) atoms. The Hall–Kier alpha value is -0.430. The van der Waals surface area contributed by atoms with Gasteiger partial charge in [-0.1, -0.05) is 6.07 Å². The lowest BCUT2D eigenvalue weighted by Gasteiger charge is -2.10. The molecular formula is C12H19NO3S2. The predicted octanol–water partition coefficient (Wildman–Crippen LogP) is 1.08. The Labute approximate surface area is 112 Å². The number of ether oxygens (including phenoxy) is 1. The van der Waals surface area contributed by atoms with Crippen molar-refractivity contribution in [1.29, 1.82) is 0 Å². The molecule has 0 amide bonds. The highest BCUT2D eigenvalue weighted by molar-refractivity contribution is 7.91. The van der Waals surface area contributed by atoms with Gasteiger partial charge in [-0.3, -0.25) is 0 Å². The first-order valence-electron chi connectivity index (χ1n) is 6.20. The fourth-order valence-electron chi connectivity index (χ4n) is 2.02. The molecule has 1 aliphatic rings. The van der Waals surface area contributed by atoms with E-state index in [0.717, 1.165) is 26.0 Å². The van der Waals surface area contributed by atoms with E-state index in [4.69, 9.17) is 4.74 Å². The molecular weight excluding hydrogens is 270 g/mol. The van der Waals surface area contributed by atoms with Crippen LogP contribution >= 0.6 is 11.3 Å². The number of sulfone groups is 1. The molecule has 2 rings (SSSR count). The Morgan fingerprint density at radius 2 is 2.33 bits per heavy atom. The van der Waals surface area contributed by atoms with Crippen LogP contribution in [-0.4, -0.2) is 45.7 Å². The molecule has 1 N–H and O–H groups in total.